The number of urea groups is 1. The van der Waals surface area contributed by atoms with E-state index in [9.17, 15) is 14.0 Å². The molecule has 1 atom stereocenters. The number of halogens is 2. The van der Waals surface area contributed by atoms with Gasteiger partial charge in [0.1, 0.15) is 12.4 Å². The molecule has 0 unspecified atom stereocenters. The van der Waals surface area contributed by atoms with E-state index in [0.29, 0.717) is 43.2 Å². The largest absolute Gasteiger partial charge is 0.340 e. The van der Waals surface area contributed by atoms with Gasteiger partial charge in [0.25, 0.3) is 0 Å². The molecule has 0 spiro atoms. The zero-order valence-corrected chi connectivity index (χ0v) is 18.0. The molecule has 0 saturated carbocycles. The average molecular weight is 448 g/mol. The van der Waals surface area contributed by atoms with E-state index in [1.165, 1.54) is 6.07 Å². The van der Waals surface area contributed by atoms with Gasteiger partial charge in [0.15, 0.2) is 0 Å². The van der Waals surface area contributed by atoms with Gasteiger partial charge < -0.3 is 9.80 Å². The first-order valence-electron chi connectivity index (χ1n) is 9.99. The van der Waals surface area contributed by atoms with Crippen LogP contribution in [-0.4, -0.2) is 60.2 Å². The van der Waals surface area contributed by atoms with Crippen LogP contribution in [0.2, 0.25) is 5.02 Å². The van der Waals surface area contributed by atoms with Crippen molar-refractivity contribution < 1.29 is 14.0 Å². The highest BCUT2D eigenvalue weighted by atomic mass is 35.5. The Morgan fingerprint density at radius 1 is 1.10 bits per heavy atom. The molecule has 0 N–H and O–H groups in total. The van der Waals surface area contributed by atoms with Gasteiger partial charge in [-0.05, 0) is 30.7 Å². The molecule has 2 aromatic rings. The lowest BCUT2D eigenvalue weighted by Crippen LogP contribution is -2.43. The monoisotopic (exact) mass is 447 g/mol. The fourth-order valence-corrected chi connectivity index (χ4v) is 5.32. The lowest BCUT2D eigenvalue weighted by Gasteiger charge is -2.24. The van der Waals surface area contributed by atoms with Crippen LogP contribution in [0.5, 0.6) is 0 Å². The summed E-state index contributed by atoms with van der Waals surface area (Å²) < 4.78 is 14.1. The summed E-state index contributed by atoms with van der Waals surface area (Å²) in [4.78, 5) is 30.7. The minimum atomic E-state index is -0.196. The Morgan fingerprint density at radius 3 is 2.73 bits per heavy atom. The molecule has 2 heterocycles. The third-order valence-corrected chi connectivity index (χ3v) is 7.03. The maximum atomic E-state index is 14.1. The Balaban J connectivity index is 1.35. The third-order valence-electron chi connectivity index (χ3n) is 5.49. The third kappa shape index (κ3) is 4.57. The first-order chi connectivity index (χ1) is 14.5. The van der Waals surface area contributed by atoms with Crippen molar-refractivity contribution in [2.45, 2.75) is 11.7 Å². The molecule has 3 amide bonds. The molecule has 0 radical (unpaired) electrons. The molecule has 158 valence electrons. The molecule has 2 fully saturated rings. The first-order valence-corrected chi connectivity index (χ1v) is 11.4. The smallest absolute Gasteiger partial charge is 0.325 e. The van der Waals surface area contributed by atoms with Crippen LogP contribution in [0.3, 0.4) is 0 Å². The fraction of sp³-hybridized carbons (Fsp3) is 0.364. The van der Waals surface area contributed by atoms with Crippen LogP contribution in [0.25, 0.3) is 0 Å². The van der Waals surface area contributed by atoms with Gasteiger partial charge >= 0.3 is 6.03 Å². The van der Waals surface area contributed by atoms with Gasteiger partial charge in [-0.1, -0.05) is 35.9 Å². The van der Waals surface area contributed by atoms with Crippen LogP contribution >= 0.6 is 23.4 Å². The molecule has 4 rings (SSSR count). The minimum Gasteiger partial charge on any atom is -0.340 e. The Hall–Kier alpha value is -2.25. The van der Waals surface area contributed by atoms with E-state index in [2.05, 4.69) is 0 Å². The lowest BCUT2D eigenvalue weighted by atomic mass is 10.1. The minimum absolute atomic E-state index is 0.0377. The van der Waals surface area contributed by atoms with Crippen molar-refractivity contribution in [3.05, 3.63) is 64.9 Å². The van der Waals surface area contributed by atoms with Gasteiger partial charge in [-0.2, -0.15) is 11.8 Å². The number of thioether (sulfide) groups is 1. The van der Waals surface area contributed by atoms with Gasteiger partial charge in [-0.3, -0.25) is 9.69 Å². The highest BCUT2D eigenvalue weighted by molar-refractivity contribution is 7.99. The van der Waals surface area contributed by atoms with Crippen LogP contribution < -0.4 is 4.90 Å². The van der Waals surface area contributed by atoms with Crippen molar-refractivity contribution in [3.63, 3.8) is 0 Å². The van der Waals surface area contributed by atoms with Crippen molar-refractivity contribution in [3.8, 4) is 0 Å². The van der Waals surface area contributed by atoms with E-state index < -0.39 is 0 Å². The number of carbonyl (C=O) groups excluding carboxylic acids is 2. The molecular formula is C22H23ClFN3O2S. The summed E-state index contributed by atoms with van der Waals surface area (Å²) in [5.41, 5.74) is 1.44. The van der Waals surface area contributed by atoms with E-state index >= 15 is 0 Å². The van der Waals surface area contributed by atoms with Crippen LogP contribution in [0, 0.1) is 5.82 Å². The highest BCUT2D eigenvalue weighted by Crippen LogP contribution is 2.35. The molecule has 2 aromatic carbocycles. The molecule has 2 aliphatic heterocycles. The Bertz CT molecular complexity index is 944. The van der Waals surface area contributed by atoms with Crippen molar-refractivity contribution in [2.75, 3.05) is 43.4 Å². The van der Waals surface area contributed by atoms with Gasteiger partial charge in [0.05, 0.1) is 0 Å². The van der Waals surface area contributed by atoms with Crippen LogP contribution in [-0.2, 0) is 4.79 Å². The van der Waals surface area contributed by atoms with Crippen molar-refractivity contribution in [1.29, 1.82) is 0 Å². The number of rotatable bonds is 4. The number of nitrogens with zero attached hydrogens (tertiary/aromatic N) is 3. The van der Waals surface area contributed by atoms with Gasteiger partial charge in [0, 0.05) is 53.5 Å². The molecular weight excluding hydrogens is 425 g/mol. The summed E-state index contributed by atoms with van der Waals surface area (Å²) in [6, 6.07) is 13.8. The Kier molecular flexibility index (Phi) is 6.49. The summed E-state index contributed by atoms with van der Waals surface area (Å²) in [6.45, 7) is 2.25. The normalized spacial score (nSPS) is 19.9. The maximum Gasteiger partial charge on any atom is 0.325 e. The summed E-state index contributed by atoms with van der Waals surface area (Å²) in [5.74, 6) is 0.484. The van der Waals surface area contributed by atoms with Gasteiger partial charge in [0.2, 0.25) is 5.91 Å². The first kappa shape index (κ1) is 21.0. The predicted molar refractivity (Wildman–Crippen MR) is 119 cm³/mol. The standard InChI is InChI=1S/C22H23ClFN3O2S/c23-16-4-3-5-17(14-16)27-11-10-26(22(27)29)15-21(28)25-9-8-20(30-13-12-25)18-6-1-2-7-19(18)24/h1-7,14,20H,8-13,15H2/t20-/m0/s1. The number of anilines is 1. The molecule has 0 aromatic heterocycles. The molecule has 5 nitrogen and oxygen atoms in total. The van der Waals surface area contributed by atoms with Crippen LogP contribution in [0.15, 0.2) is 48.5 Å². The zero-order chi connectivity index (χ0) is 21.1. The maximum absolute atomic E-state index is 14.1. The number of amides is 3. The van der Waals surface area contributed by atoms with Crippen molar-refractivity contribution in [2.24, 2.45) is 0 Å². The number of benzene rings is 2. The molecule has 30 heavy (non-hydrogen) atoms. The Morgan fingerprint density at radius 2 is 1.93 bits per heavy atom. The number of carbonyl (C=O) groups is 2. The highest BCUT2D eigenvalue weighted by Gasteiger charge is 2.32. The van der Waals surface area contributed by atoms with Crippen molar-refractivity contribution in [1.82, 2.24) is 9.80 Å². The van der Waals surface area contributed by atoms with Gasteiger partial charge in [-0.25, -0.2) is 9.18 Å². The number of hydrogen-bond donors (Lipinski definition) is 0. The SMILES string of the molecule is O=C(CN1CCN(c2cccc(Cl)c2)C1=O)N1CCS[C@H](c2ccccc2F)CC1. The Labute approximate surface area is 184 Å². The topological polar surface area (TPSA) is 43.9 Å². The summed E-state index contributed by atoms with van der Waals surface area (Å²) >= 11 is 7.72. The molecule has 2 aliphatic rings. The second kappa shape index (κ2) is 9.27. The fourth-order valence-electron chi connectivity index (χ4n) is 3.88. The summed E-state index contributed by atoms with van der Waals surface area (Å²) in [6.07, 6.45) is 0.694. The van der Waals surface area contributed by atoms with E-state index in [1.54, 1.807) is 50.7 Å². The van der Waals surface area contributed by atoms with E-state index in [4.69, 9.17) is 11.6 Å². The predicted octanol–water partition coefficient (Wildman–Crippen LogP) is 4.43. The molecule has 0 bridgehead atoms. The molecule has 0 aliphatic carbocycles. The lowest BCUT2D eigenvalue weighted by molar-refractivity contribution is -0.131. The second-order valence-corrected chi connectivity index (χ2v) is 9.13. The van der Waals surface area contributed by atoms with E-state index in [0.717, 1.165) is 11.4 Å². The van der Waals surface area contributed by atoms with Crippen LogP contribution in [0.4, 0.5) is 14.9 Å². The zero-order valence-electron chi connectivity index (χ0n) is 16.5. The number of hydrogen-bond acceptors (Lipinski definition) is 3. The van der Waals surface area contributed by atoms with E-state index in [-0.39, 0.29) is 29.6 Å². The summed E-state index contributed by atoms with van der Waals surface area (Å²) in [7, 11) is 0. The van der Waals surface area contributed by atoms with Gasteiger partial charge in [-0.15, -0.1) is 0 Å². The summed E-state index contributed by atoms with van der Waals surface area (Å²) in [5, 5.41) is 0.608. The molecule has 8 heteroatoms. The van der Waals surface area contributed by atoms with E-state index in [1.807, 2.05) is 18.2 Å². The quantitative estimate of drug-likeness (QED) is 0.696. The van der Waals surface area contributed by atoms with Crippen molar-refractivity contribution >= 4 is 41.0 Å². The molecule has 2 saturated heterocycles. The van der Waals surface area contributed by atoms with Crippen LogP contribution in [0.1, 0.15) is 17.2 Å². The average Bonchev–Trinajstić information content (AvgIpc) is 2.94. The second-order valence-electron chi connectivity index (χ2n) is 7.39.